The highest BCUT2D eigenvalue weighted by Crippen LogP contribution is 2.30. The van der Waals surface area contributed by atoms with Crippen LogP contribution in [0.25, 0.3) is 11.3 Å². The number of hydrogen-bond acceptors (Lipinski definition) is 4. The molecule has 0 saturated carbocycles. The fourth-order valence-electron chi connectivity index (χ4n) is 2.45. The summed E-state index contributed by atoms with van der Waals surface area (Å²) in [5.74, 6) is 0.691. The van der Waals surface area contributed by atoms with Crippen molar-refractivity contribution in [2.24, 2.45) is 0 Å². The van der Waals surface area contributed by atoms with Crippen LogP contribution in [0.1, 0.15) is 17.7 Å². The van der Waals surface area contributed by atoms with Crippen molar-refractivity contribution in [3.63, 3.8) is 0 Å². The van der Waals surface area contributed by atoms with Crippen LogP contribution in [-0.2, 0) is 4.79 Å². The molecular weight excluding hydrogens is 368 g/mol. The summed E-state index contributed by atoms with van der Waals surface area (Å²) >= 11 is 7.32. The highest BCUT2D eigenvalue weighted by Gasteiger charge is 2.11. The lowest BCUT2D eigenvalue weighted by Crippen LogP contribution is -2.12. The highest BCUT2D eigenvalue weighted by atomic mass is 35.5. The van der Waals surface area contributed by atoms with Gasteiger partial charge in [-0.15, -0.1) is 11.3 Å². The maximum atomic E-state index is 12.1. The van der Waals surface area contributed by atoms with Gasteiger partial charge in [0.05, 0.1) is 12.3 Å². The second-order valence-electron chi connectivity index (χ2n) is 5.74. The van der Waals surface area contributed by atoms with E-state index < -0.39 is 0 Å². The van der Waals surface area contributed by atoms with Gasteiger partial charge < -0.3 is 10.1 Å². The molecule has 0 fully saturated rings. The van der Waals surface area contributed by atoms with Crippen LogP contribution in [0.4, 0.5) is 5.13 Å². The molecule has 3 aromatic rings. The lowest BCUT2D eigenvalue weighted by atomic mass is 10.1. The first-order valence-corrected chi connectivity index (χ1v) is 9.52. The summed E-state index contributed by atoms with van der Waals surface area (Å²) in [6.07, 6.45) is 1.01. The Morgan fingerprint density at radius 2 is 1.88 bits per heavy atom. The number of aryl methyl sites for hydroxylation is 1. The quantitative estimate of drug-likeness (QED) is 0.540. The topological polar surface area (TPSA) is 51.2 Å². The second-order valence-corrected chi connectivity index (χ2v) is 7.38. The van der Waals surface area contributed by atoms with E-state index in [0.29, 0.717) is 29.6 Å². The molecule has 0 atom stereocenters. The fraction of sp³-hybridized carbons (Fsp3) is 0.200. The predicted molar refractivity (Wildman–Crippen MR) is 107 cm³/mol. The van der Waals surface area contributed by atoms with Crippen molar-refractivity contribution < 1.29 is 9.53 Å². The number of hydrogen-bond donors (Lipinski definition) is 1. The SMILES string of the molecule is Cc1sc(NC(=O)CCCOc2ccc(Cl)cc2)nc1-c1ccccc1. The standard InChI is InChI=1S/C20H19ClN2O2S/c1-14-19(15-6-3-2-4-7-15)23-20(26-14)22-18(24)8-5-13-25-17-11-9-16(21)10-12-17/h2-4,6-7,9-12H,5,8,13H2,1H3,(H,22,23,24). The van der Waals surface area contributed by atoms with E-state index in [1.165, 1.54) is 11.3 Å². The zero-order valence-electron chi connectivity index (χ0n) is 14.4. The number of thiazole rings is 1. The number of anilines is 1. The predicted octanol–water partition coefficient (Wildman–Crippen LogP) is 5.57. The van der Waals surface area contributed by atoms with E-state index in [4.69, 9.17) is 16.3 Å². The minimum absolute atomic E-state index is 0.0573. The smallest absolute Gasteiger partial charge is 0.226 e. The van der Waals surface area contributed by atoms with E-state index in [0.717, 1.165) is 21.9 Å². The minimum Gasteiger partial charge on any atom is -0.494 e. The van der Waals surface area contributed by atoms with Gasteiger partial charge in [-0.3, -0.25) is 4.79 Å². The third kappa shape index (κ3) is 5.07. The number of amides is 1. The lowest BCUT2D eigenvalue weighted by Gasteiger charge is -2.06. The third-order valence-electron chi connectivity index (χ3n) is 3.72. The zero-order chi connectivity index (χ0) is 18.4. The molecule has 0 aliphatic rings. The number of benzene rings is 2. The molecule has 1 heterocycles. The maximum Gasteiger partial charge on any atom is 0.226 e. The molecule has 0 spiro atoms. The molecule has 4 nitrogen and oxygen atoms in total. The molecule has 0 bridgehead atoms. The normalized spacial score (nSPS) is 10.5. The highest BCUT2D eigenvalue weighted by molar-refractivity contribution is 7.16. The van der Waals surface area contributed by atoms with E-state index in [-0.39, 0.29) is 5.91 Å². The number of carbonyl (C=O) groups excluding carboxylic acids is 1. The van der Waals surface area contributed by atoms with Crippen LogP contribution in [0.5, 0.6) is 5.75 Å². The largest absolute Gasteiger partial charge is 0.494 e. The molecule has 0 aliphatic heterocycles. The summed E-state index contributed by atoms with van der Waals surface area (Å²) in [7, 11) is 0. The molecule has 26 heavy (non-hydrogen) atoms. The Morgan fingerprint density at radius 3 is 2.62 bits per heavy atom. The maximum absolute atomic E-state index is 12.1. The molecule has 2 aromatic carbocycles. The Kier molecular flexibility index (Phi) is 6.26. The summed E-state index contributed by atoms with van der Waals surface area (Å²) in [5, 5.41) is 4.18. The van der Waals surface area contributed by atoms with Gasteiger partial charge in [-0.1, -0.05) is 41.9 Å². The molecule has 134 valence electrons. The van der Waals surface area contributed by atoms with Crippen LogP contribution >= 0.6 is 22.9 Å². The van der Waals surface area contributed by atoms with Crippen LogP contribution in [0, 0.1) is 6.92 Å². The summed E-state index contributed by atoms with van der Waals surface area (Å²) in [6, 6.07) is 17.1. The number of ether oxygens (including phenoxy) is 1. The van der Waals surface area contributed by atoms with Gasteiger partial charge >= 0.3 is 0 Å². The van der Waals surface area contributed by atoms with E-state index >= 15 is 0 Å². The first-order chi connectivity index (χ1) is 12.6. The number of aromatic nitrogens is 1. The van der Waals surface area contributed by atoms with Gasteiger partial charge in [-0.25, -0.2) is 4.98 Å². The molecule has 0 radical (unpaired) electrons. The molecule has 0 aliphatic carbocycles. The van der Waals surface area contributed by atoms with Gasteiger partial charge in [0.15, 0.2) is 5.13 Å². The molecule has 6 heteroatoms. The van der Waals surface area contributed by atoms with Crippen molar-refractivity contribution in [3.05, 3.63) is 64.5 Å². The number of carbonyl (C=O) groups is 1. The van der Waals surface area contributed by atoms with Gasteiger partial charge in [0.2, 0.25) is 5.91 Å². The van der Waals surface area contributed by atoms with Crippen molar-refractivity contribution in [2.75, 3.05) is 11.9 Å². The van der Waals surface area contributed by atoms with Crippen LogP contribution in [0.15, 0.2) is 54.6 Å². The average Bonchev–Trinajstić information content (AvgIpc) is 3.01. The Balaban J connectivity index is 1.47. The van der Waals surface area contributed by atoms with Crippen molar-refractivity contribution in [2.45, 2.75) is 19.8 Å². The summed E-state index contributed by atoms with van der Waals surface area (Å²) in [5.41, 5.74) is 1.97. The van der Waals surface area contributed by atoms with E-state index in [9.17, 15) is 4.79 Å². The lowest BCUT2D eigenvalue weighted by molar-refractivity contribution is -0.116. The first kappa shape index (κ1) is 18.4. The van der Waals surface area contributed by atoms with Gasteiger partial charge in [0, 0.05) is 21.9 Å². The minimum atomic E-state index is -0.0573. The van der Waals surface area contributed by atoms with Crippen LogP contribution in [0.2, 0.25) is 5.02 Å². The summed E-state index contributed by atoms with van der Waals surface area (Å²) in [6.45, 7) is 2.48. The van der Waals surface area contributed by atoms with Gasteiger partial charge in [0.25, 0.3) is 0 Å². The Hall–Kier alpha value is -2.37. The molecule has 0 unspecified atom stereocenters. The average molecular weight is 387 g/mol. The number of rotatable bonds is 7. The Morgan fingerprint density at radius 1 is 1.15 bits per heavy atom. The second kappa shape index (κ2) is 8.83. The summed E-state index contributed by atoms with van der Waals surface area (Å²) in [4.78, 5) is 17.7. The van der Waals surface area contributed by atoms with Gasteiger partial charge in [-0.2, -0.15) is 0 Å². The van der Waals surface area contributed by atoms with E-state index in [1.54, 1.807) is 12.1 Å². The third-order valence-corrected chi connectivity index (χ3v) is 4.86. The van der Waals surface area contributed by atoms with Crippen LogP contribution in [-0.4, -0.2) is 17.5 Å². The van der Waals surface area contributed by atoms with E-state index in [2.05, 4.69) is 10.3 Å². The molecule has 0 saturated heterocycles. The van der Waals surface area contributed by atoms with Gasteiger partial charge in [0.1, 0.15) is 5.75 Å². The molecule has 3 rings (SSSR count). The van der Waals surface area contributed by atoms with E-state index in [1.807, 2.05) is 49.4 Å². The zero-order valence-corrected chi connectivity index (χ0v) is 15.9. The van der Waals surface area contributed by atoms with Crippen LogP contribution < -0.4 is 10.1 Å². The van der Waals surface area contributed by atoms with Crippen molar-refractivity contribution in [1.82, 2.24) is 4.98 Å². The van der Waals surface area contributed by atoms with Crippen LogP contribution in [0.3, 0.4) is 0 Å². The molecule has 1 amide bonds. The monoisotopic (exact) mass is 386 g/mol. The van der Waals surface area contributed by atoms with Crippen molar-refractivity contribution in [1.29, 1.82) is 0 Å². The van der Waals surface area contributed by atoms with Crippen molar-refractivity contribution >= 4 is 34.0 Å². The van der Waals surface area contributed by atoms with Gasteiger partial charge in [-0.05, 0) is 37.6 Å². The van der Waals surface area contributed by atoms with Crippen molar-refractivity contribution in [3.8, 4) is 17.0 Å². The first-order valence-electron chi connectivity index (χ1n) is 8.33. The Labute approximate surface area is 161 Å². The number of nitrogens with zero attached hydrogens (tertiary/aromatic N) is 1. The Bertz CT molecular complexity index is 863. The molecule has 1 aromatic heterocycles. The summed E-state index contributed by atoms with van der Waals surface area (Å²) < 4.78 is 5.59. The molecular formula is C20H19ClN2O2S. The number of halogens is 1. The number of nitrogens with one attached hydrogen (secondary N) is 1. The fourth-order valence-corrected chi connectivity index (χ4v) is 3.43. The molecule has 1 N–H and O–H groups in total.